The van der Waals surface area contributed by atoms with Gasteiger partial charge in [-0.15, -0.1) is 0 Å². The number of allylic oxidation sites excluding steroid dienone is 2. The second kappa shape index (κ2) is 12.7. The fourth-order valence-electron chi connectivity index (χ4n) is 1.63. The van der Waals surface area contributed by atoms with Crippen LogP contribution in [0, 0.1) is 0 Å². The van der Waals surface area contributed by atoms with E-state index in [1.807, 2.05) is 13.8 Å². The monoisotopic (exact) mass is 254 g/mol. The number of unbranched alkanes of at least 4 members (excludes halogenated alkanes) is 5. The zero-order valence-corrected chi connectivity index (χ0v) is 12.4. The van der Waals surface area contributed by atoms with Gasteiger partial charge in [0.15, 0.2) is 0 Å². The van der Waals surface area contributed by atoms with E-state index in [4.69, 9.17) is 4.74 Å². The van der Waals surface area contributed by atoms with Crippen molar-refractivity contribution in [3.8, 4) is 0 Å². The molecule has 0 saturated carbocycles. The molecule has 0 saturated heterocycles. The Hall–Kier alpha value is -0.790. The lowest BCUT2D eigenvalue weighted by molar-refractivity contribution is -0.148. The normalized spacial score (nSPS) is 12.8. The molecule has 0 bridgehead atoms. The van der Waals surface area contributed by atoms with Crippen molar-refractivity contribution in [2.45, 2.75) is 84.7 Å². The van der Waals surface area contributed by atoms with Crippen molar-refractivity contribution < 1.29 is 9.53 Å². The Kier molecular flexibility index (Phi) is 12.1. The number of carbonyl (C=O) groups is 1. The molecule has 0 radical (unpaired) electrons. The Bertz CT molecular complexity index is 221. The van der Waals surface area contributed by atoms with Crippen LogP contribution in [-0.4, -0.2) is 12.1 Å². The molecule has 2 nitrogen and oxygen atoms in total. The molecule has 0 amide bonds. The molecule has 1 unspecified atom stereocenters. The smallest absolute Gasteiger partial charge is 0.306 e. The Morgan fingerprint density at radius 3 is 2.33 bits per heavy atom. The van der Waals surface area contributed by atoms with Crippen LogP contribution in [0.5, 0.6) is 0 Å². The summed E-state index contributed by atoms with van der Waals surface area (Å²) in [6, 6.07) is 0. The fourth-order valence-corrected chi connectivity index (χ4v) is 1.63. The van der Waals surface area contributed by atoms with Crippen molar-refractivity contribution in [2.75, 3.05) is 0 Å². The van der Waals surface area contributed by atoms with Gasteiger partial charge >= 0.3 is 5.97 Å². The molecule has 2 heteroatoms. The van der Waals surface area contributed by atoms with Crippen LogP contribution in [-0.2, 0) is 9.53 Å². The highest BCUT2D eigenvalue weighted by Crippen LogP contribution is 2.07. The fraction of sp³-hybridized carbons (Fsp3) is 0.812. The SMILES string of the molecule is CCCC/C=C\CCCCCC(=O)OC(C)CC. The molecule has 0 aliphatic carbocycles. The number of esters is 1. The van der Waals surface area contributed by atoms with Crippen molar-refractivity contribution in [1.82, 2.24) is 0 Å². The lowest BCUT2D eigenvalue weighted by atomic mass is 10.1. The first-order valence-electron chi connectivity index (χ1n) is 7.55. The Morgan fingerprint density at radius 1 is 1.06 bits per heavy atom. The van der Waals surface area contributed by atoms with Gasteiger partial charge in [-0.25, -0.2) is 0 Å². The summed E-state index contributed by atoms with van der Waals surface area (Å²) in [6.45, 7) is 6.19. The third kappa shape index (κ3) is 11.7. The standard InChI is InChI=1S/C16H30O2/c1-4-6-7-8-9-10-11-12-13-14-16(17)18-15(3)5-2/h8-9,15H,4-7,10-14H2,1-3H3/b9-8-. The minimum atomic E-state index is -0.0390. The quantitative estimate of drug-likeness (QED) is 0.294. The third-order valence-corrected chi connectivity index (χ3v) is 3.05. The number of hydrogen-bond donors (Lipinski definition) is 0. The van der Waals surface area contributed by atoms with Gasteiger partial charge in [-0.1, -0.05) is 45.3 Å². The maximum atomic E-state index is 11.4. The zero-order chi connectivity index (χ0) is 13.6. The summed E-state index contributed by atoms with van der Waals surface area (Å²) in [5, 5.41) is 0. The molecule has 106 valence electrons. The number of ether oxygens (including phenoxy) is 1. The minimum Gasteiger partial charge on any atom is -0.463 e. The van der Waals surface area contributed by atoms with E-state index in [-0.39, 0.29) is 12.1 Å². The van der Waals surface area contributed by atoms with Crippen molar-refractivity contribution >= 4 is 5.97 Å². The number of rotatable bonds is 11. The molecule has 0 aromatic carbocycles. The van der Waals surface area contributed by atoms with Crippen molar-refractivity contribution in [3.05, 3.63) is 12.2 Å². The number of carbonyl (C=O) groups excluding carboxylic acids is 1. The summed E-state index contributed by atoms with van der Waals surface area (Å²) >= 11 is 0. The summed E-state index contributed by atoms with van der Waals surface area (Å²) in [7, 11) is 0. The van der Waals surface area contributed by atoms with E-state index in [0.29, 0.717) is 6.42 Å². The topological polar surface area (TPSA) is 26.3 Å². The van der Waals surface area contributed by atoms with E-state index in [0.717, 1.165) is 25.7 Å². The predicted molar refractivity (Wildman–Crippen MR) is 77.6 cm³/mol. The van der Waals surface area contributed by atoms with Gasteiger partial charge in [-0.3, -0.25) is 4.79 Å². The van der Waals surface area contributed by atoms with Gasteiger partial charge in [0, 0.05) is 6.42 Å². The Balaban J connectivity index is 3.29. The minimum absolute atomic E-state index is 0.0390. The van der Waals surface area contributed by atoms with Gasteiger partial charge in [0.1, 0.15) is 0 Å². The highest BCUT2D eigenvalue weighted by molar-refractivity contribution is 5.69. The maximum absolute atomic E-state index is 11.4. The highest BCUT2D eigenvalue weighted by atomic mass is 16.5. The van der Waals surface area contributed by atoms with Crippen molar-refractivity contribution in [2.24, 2.45) is 0 Å². The molecule has 0 aromatic rings. The summed E-state index contributed by atoms with van der Waals surface area (Å²) in [5.74, 6) is -0.0390. The van der Waals surface area contributed by atoms with Crippen LogP contribution in [0.25, 0.3) is 0 Å². The second-order valence-corrected chi connectivity index (χ2v) is 4.92. The number of hydrogen-bond acceptors (Lipinski definition) is 2. The van der Waals surface area contributed by atoms with Gasteiger partial charge in [0.2, 0.25) is 0 Å². The van der Waals surface area contributed by atoms with Crippen molar-refractivity contribution in [3.63, 3.8) is 0 Å². The average Bonchev–Trinajstić information content (AvgIpc) is 2.36. The van der Waals surface area contributed by atoms with Crippen LogP contribution in [0.1, 0.15) is 78.6 Å². The van der Waals surface area contributed by atoms with Crippen LogP contribution in [0.4, 0.5) is 0 Å². The Morgan fingerprint density at radius 2 is 1.72 bits per heavy atom. The molecule has 0 N–H and O–H groups in total. The van der Waals surface area contributed by atoms with Crippen LogP contribution in [0.15, 0.2) is 12.2 Å². The lowest BCUT2D eigenvalue weighted by Crippen LogP contribution is -2.13. The lowest BCUT2D eigenvalue weighted by Gasteiger charge is -2.10. The first-order valence-corrected chi connectivity index (χ1v) is 7.55. The van der Waals surface area contributed by atoms with Crippen LogP contribution < -0.4 is 0 Å². The predicted octanol–water partition coefficient (Wildman–Crippen LogP) is 5.03. The molecule has 0 aliphatic heterocycles. The van der Waals surface area contributed by atoms with Crippen LogP contribution in [0.3, 0.4) is 0 Å². The molecular weight excluding hydrogens is 224 g/mol. The van der Waals surface area contributed by atoms with Gasteiger partial charge in [0.05, 0.1) is 6.10 Å². The zero-order valence-electron chi connectivity index (χ0n) is 12.4. The van der Waals surface area contributed by atoms with E-state index in [1.165, 1.54) is 25.7 Å². The van der Waals surface area contributed by atoms with Crippen LogP contribution in [0.2, 0.25) is 0 Å². The molecule has 0 aliphatic rings. The first kappa shape index (κ1) is 17.2. The largest absolute Gasteiger partial charge is 0.463 e. The van der Waals surface area contributed by atoms with Crippen LogP contribution >= 0.6 is 0 Å². The molecule has 0 heterocycles. The Labute approximate surface area is 113 Å². The van der Waals surface area contributed by atoms with E-state index in [9.17, 15) is 4.79 Å². The summed E-state index contributed by atoms with van der Waals surface area (Å²) in [6.07, 6.45) is 14.2. The molecule has 0 rings (SSSR count). The molecule has 0 aromatic heterocycles. The summed E-state index contributed by atoms with van der Waals surface area (Å²) in [5.41, 5.74) is 0. The highest BCUT2D eigenvalue weighted by Gasteiger charge is 2.06. The molecule has 18 heavy (non-hydrogen) atoms. The van der Waals surface area contributed by atoms with E-state index in [1.54, 1.807) is 0 Å². The van der Waals surface area contributed by atoms with E-state index in [2.05, 4.69) is 19.1 Å². The molecule has 0 spiro atoms. The summed E-state index contributed by atoms with van der Waals surface area (Å²) < 4.78 is 5.22. The van der Waals surface area contributed by atoms with Gasteiger partial charge in [-0.05, 0) is 39.0 Å². The molecular formula is C16H30O2. The molecule has 1 atom stereocenters. The molecule has 0 fully saturated rings. The van der Waals surface area contributed by atoms with Crippen molar-refractivity contribution in [1.29, 1.82) is 0 Å². The van der Waals surface area contributed by atoms with E-state index < -0.39 is 0 Å². The van der Waals surface area contributed by atoms with Gasteiger partial charge in [0.25, 0.3) is 0 Å². The average molecular weight is 254 g/mol. The second-order valence-electron chi connectivity index (χ2n) is 4.92. The first-order chi connectivity index (χ1) is 8.70. The third-order valence-electron chi connectivity index (χ3n) is 3.05. The van der Waals surface area contributed by atoms with Gasteiger partial charge < -0.3 is 4.74 Å². The summed E-state index contributed by atoms with van der Waals surface area (Å²) in [4.78, 5) is 11.4. The van der Waals surface area contributed by atoms with E-state index >= 15 is 0 Å². The van der Waals surface area contributed by atoms with Gasteiger partial charge in [-0.2, -0.15) is 0 Å². The maximum Gasteiger partial charge on any atom is 0.306 e.